The van der Waals surface area contributed by atoms with Crippen molar-refractivity contribution in [1.29, 1.82) is 0 Å². The molecule has 1 aliphatic heterocycles. The van der Waals surface area contributed by atoms with Crippen LogP contribution >= 0.6 is 11.6 Å². The molecule has 0 radical (unpaired) electrons. The third-order valence-corrected chi connectivity index (χ3v) is 3.42. The SMILES string of the molecule is Clc1cc2n(c1-c1cccnc1)CCCC2. The van der Waals surface area contributed by atoms with Gasteiger partial charge in [-0.1, -0.05) is 11.6 Å². The summed E-state index contributed by atoms with van der Waals surface area (Å²) in [5.41, 5.74) is 3.60. The lowest BCUT2D eigenvalue weighted by atomic mass is 10.1. The van der Waals surface area contributed by atoms with Crippen LogP contribution in [0.4, 0.5) is 0 Å². The topological polar surface area (TPSA) is 17.8 Å². The van der Waals surface area contributed by atoms with Gasteiger partial charge < -0.3 is 4.57 Å². The van der Waals surface area contributed by atoms with E-state index in [1.165, 1.54) is 18.5 Å². The van der Waals surface area contributed by atoms with E-state index in [1.807, 2.05) is 12.3 Å². The first-order chi connectivity index (χ1) is 7.86. The van der Waals surface area contributed by atoms with Gasteiger partial charge in [-0.05, 0) is 37.5 Å². The largest absolute Gasteiger partial charge is 0.343 e. The molecule has 0 N–H and O–H groups in total. The van der Waals surface area contributed by atoms with Crippen molar-refractivity contribution >= 4 is 11.6 Å². The molecule has 0 aromatic carbocycles. The Morgan fingerprint density at radius 1 is 1.31 bits per heavy atom. The maximum atomic E-state index is 6.32. The second-order valence-electron chi connectivity index (χ2n) is 4.18. The average Bonchev–Trinajstić information content (AvgIpc) is 2.66. The lowest BCUT2D eigenvalue weighted by Gasteiger charge is -2.17. The fourth-order valence-electron chi connectivity index (χ4n) is 2.40. The molecule has 82 valence electrons. The van der Waals surface area contributed by atoms with Crippen LogP contribution in [-0.4, -0.2) is 9.55 Å². The summed E-state index contributed by atoms with van der Waals surface area (Å²) >= 11 is 6.32. The molecule has 0 bridgehead atoms. The van der Waals surface area contributed by atoms with E-state index in [9.17, 15) is 0 Å². The predicted octanol–water partition coefficient (Wildman–Crippen LogP) is 3.54. The lowest BCUT2D eigenvalue weighted by molar-refractivity contribution is 0.537. The van der Waals surface area contributed by atoms with Gasteiger partial charge in [0.05, 0.1) is 10.7 Å². The number of fused-ring (bicyclic) bond motifs is 1. The minimum Gasteiger partial charge on any atom is -0.343 e. The van der Waals surface area contributed by atoms with Crippen LogP contribution in [0.1, 0.15) is 18.5 Å². The third-order valence-electron chi connectivity index (χ3n) is 3.14. The van der Waals surface area contributed by atoms with Crippen molar-refractivity contribution in [3.05, 3.63) is 41.3 Å². The van der Waals surface area contributed by atoms with E-state index in [4.69, 9.17) is 11.6 Å². The Morgan fingerprint density at radius 2 is 2.25 bits per heavy atom. The Bertz CT molecular complexity index is 502. The molecule has 0 amide bonds. The number of aromatic nitrogens is 2. The standard InChI is InChI=1S/C13H13ClN2/c14-12-8-11-5-1-2-7-16(11)13(12)10-4-3-6-15-9-10/h3-4,6,8-9H,1-2,5,7H2. The van der Waals surface area contributed by atoms with Crippen molar-refractivity contribution in [3.8, 4) is 11.3 Å². The first-order valence-electron chi connectivity index (χ1n) is 5.64. The molecular weight excluding hydrogens is 220 g/mol. The zero-order chi connectivity index (χ0) is 11.0. The van der Waals surface area contributed by atoms with Crippen LogP contribution in [-0.2, 0) is 13.0 Å². The summed E-state index contributed by atoms with van der Waals surface area (Å²) in [4.78, 5) is 4.16. The smallest absolute Gasteiger partial charge is 0.0687 e. The van der Waals surface area contributed by atoms with Gasteiger partial charge in [0.1, 0.15) is 0 Å². The van der Waals surface area contributed by atoms with Gasteiger partial charge in [-0.15, -0.1) is 0 Å². The van der Waals surface area contributed by atoms with E-state index in [1.54, 1.807) is 6.20 Å². The van der Waals surface area contributed by atoms with Crippen molar-refractivity contribution in [2.45, 2.75) is 25.8 Å². The zero-order valence-corrected chi connectivity index (χ0v) is 9.74. The van der Waals surface area contributed by atoms with E-state index in [-0.39, 0.29) is 0 Å². The van der Waals surface area contributed by atoms with Gasteiger partial charge in [0, 0.05) is 30.2 Å². The summed E-state index contributed by atoms with van der Waals surface area (Å²) in [6, 6.07) is 6.12. The summed E-state index contributed by atoms with van der Waals surface area (Å²) < 4.78 is 2.34. The Balaban J connectivity index is 2.17. The molecule has 16 heavy (non-hydrogen) atoms. The van der Waals surface area contributed by atoms with Gasteiger partial charge in [-0.25, -0.2) is 0 Å². The minimum absolute atomic E-state index is 0.852. The number of rotatable bonds is 1. The number of hydrogen-bond donors (Lipinski definition) is 0. The molecule has 2 aromatic heterocycles. The molecule has 0 atom stereocenters. The highest BCUT2D eigenvalue weighted by Gasteiger charge is 2.17. The van der Waals surface area contributed by atoms with E-state index >= 15 is 0 Å². The molecule has 2 aromatic rings. The van der Waals surface area contributed by atoms with E-state index in [0.29, 0.717) is 0 Å². The molecule has 2 nitrogen and oxygen atoms in total. The molecule has 0 fully saturated rings. The number of halogens is 1. The summed E-state index contributed by atoms with van der Waals surface area (Å²) in [7, 11) is 0. The molecule has 3 rings (SSSR count). The molecule has 0 saturated heterocycles. The second-order valence-corrected chi connectivity index (χ2v) is 4.59. The maximum absolute atomic E-state index is 6.32. The number of aryl methyl sites for hydroxylation is 1. The average molecular weight is 233 g/mol. The highest BCUT2D eigenvalue weighted by molar-refractivity contribution is 6.33. The Hall–Kier alpha value is -1.28. The molecule has 0 aliphatic carbocycles. The lowest BCUT2D eigenvalue weighted by Crippen LogP contribution is -2.10. The predicted molar refractivity (Wildman–Crippen MR) is 65.6 cm³/mol. The van der Waals surface area contributed by atoms with Crippen LogP contribution < -0.4 is 0 Å². The normalized spacial score (nSPS) is 14.8. The van der Waals surface area contributed by atoms with Crippen molar-refractivity contribution in [2.75, 3.05) is 0 Å². The maximum Gasteiger partial charge on any atom is 0.0687 e. The molecule has 0 spiro atoms. The number of pyridine rings is 1. The van der Waals surface area contributed by atoms with Gasteiger partial charge in [0.15, 0.2) is 0 Å². The highest BCUT2D eigenvalue weighted by atomic mass is 35.5. The van der Waals surface area contributed by atoms with E-state index < -0.39 is 0 Å². The van der Waals surface area contributed by atoms with Crippen LogP contribution in [0.5, 0.6) is 0 Å². The highest BCUT2D eigenvalue weighted by Crippen LogP contribution is 2.33. The Morgan fingerprint density at radius 3 is 3.06 bits per heavy atom. The Kier molecular flexibility index (Phi) is 2.44. The molecule has 3 heteroatoms. The molecule has 3 heterocycles. The van der Waals surface area contributed by atoms with Crippen molar-refractivity contribution in [3.63, 3.8) is 0 Å². The van der Waals surface area contributed by atoms with Crippen LogP contribution in [0.25, 0.3) is 11.3 Å². The second kappa shape index (κ2) is 3.95. The van der Waals surface area contributed by atoms with Gasteiger partial charge in [0.2, 0.25) is 0 Å². The van der Waals surface area contributed by atoms with Gasteiger partial charge in [-0.3, -0.25) is 4.98 Å². The summed E-state index contributed by atoms with van der Waals surface area (Å²) in [5, 5.41) is 0.852. The fraction of sp³-hybridized carbons (Fsp3) is 0.308. The fourth-order valence-corrected chi connectivity index (χ4v) is 2.74. The van der Waals surface area contributed by atoms with Crippen LogP contribution in [0.15, 0.2) is 30.6 Å². The van der Waals surface area contributed by atoms with Crippen molar-refractivity contribution < 1.29 is 0 Å². The number of nitrogens with zero attached hydrogens (tertiary/aromatic N) is 2. The quantitative estimate of drug-likeness (QED) is 0.736. The van der Waals surface area contributed by atoms with Crippen LogP contribution in [0.3, 0.4) is 0 Å². The summed E-state index contributed by atoms with van der Waals surface area (Å²) in [6.07, 6.45) is 7.32. The van der Waals surface area contributed by atoms with Crippen LogP contribution in [0, 0.1) is 0 Å². The zero-order valence-electron chi connectivity index (χ0n) is 8.99. The summed E-state index contributed by atoms with van der Waals surface area (Å²) in [5.74, 6) is 0. The third kappa shape index (κ3) is 1.54. The van der Waals surface area contributed by atoms with Gasteiger partial charge >= 0.3 is 0 Å². The minimum atomic E-state index is 0.852. The van der Waals surface area contributed by atoms with Crippen molar-refractivity contribution in [2.24, 2.45) is 0 Å². The summed E-state index contributed by atoms with van der Waals surface area (Å²) in [6.45, 7) is 1.08. The monoisotopic (exact) mass is 232 g/mol. The number of hydrogen-bond acceptors (Lipinski definition) is 1. The molecule has 0 saturated carbocycles. The first-order valence-corrected chi connectivity index (χ1v) is 6.02. The van der Waals surface area contributed by atoms with E-state index in [0.717, 1.165) is 29.2 Å². The molecule has 1 aliphatic rings. The van der Waals surface area contributed by atoms with E-state index in [2.05, 4.69) is 21.7 Å². The van der Waals surface area contributed by atoms with Crippen molar-refractivity contribution in [1.82, 2.24) is 9.55 Å². The Labute approximate surface area is 99.9 Å². The molecular formula is C13H13ClN2. The molecule has 0 unspecified atom stereocenters. The van der Waals surface area contributed by atoms with Gasteiger partial charge in [-0.2, -0.15) is 0 Å². The first kappa shape index (κ1) is 9.91. The van der Waals surface area contributed by atoms with Gasteiger partial charge in [0.25, 0.3) is 0 Å². The van der Waals surface area contributed by atoms with Crippen LogP contribution in [0.2, 0.25) is 5.02 Å².